The summed E-state index contributed by atoms with van der Waals surface area (Å²) in [5.41, 5.74) is 0.364. The van der Waals surface area contributed by atoms with Crippen molar-refractivity contribution < 1.29 is 14.4 Å². The van der Waals surface area contributed by atoms with Gasteiger partial charge in [-0.3, -0.25) is 19.3 Å². The van der Waals surface area contributed by atoms with E-state index in [1.165, 1.54) is 6.07 Å². The summed E-state index contributed by atoms with van der Waals surface area (Å²) in [5.74, 6) is -0.0606. The molecule has 1 N–H and O–H groups in total. The van der Waals surface area contributed by atoms with Gasteiger partial charge in [0.2, 0.25) is 17.7 Å². The summed E-state index contributed by atoms with van der Waals surface area (Å²) in [6, 6.07) is 4.73. The van der Waals surface area contributed by atoms with Gasteiger partial charge in [0.05, 0.1) is 22.5 Å². The van der Waals surface area contributed by atoms with Gasteiger partial charge in [0, 0.05) is 5.02 Å². The van der Waals surface area contributed by atoms with Crippen LogP contribution in [0.1, 0.15) is 6.42 Å². The second-order valence-corrected chi connectivity index (χ2v) is 8.43. The lowest BCUT2D eigenvalue weighted by atomic mass is 9.63. The number of benzene rings is 1. The van der Waals surface area contributed by atoms with Gasteiger partial charge in [-0.25, -0.2) is 0 Å². The number of hydrogen-bond acceptors (Lipinski definition) is 3. The molecule has 2 bridgehead atoms. The van der Waals surface area contributed by atoms with E-state index in [-0.39, 0.29) is 42.0 Å². The highest BCUT2D eigenvalue weighted by Crippen LogP contribution is 2.65. The lowest BCUT2D eigenvalue weighted by Crippen LogP contribution is -2.40. The summed E-state index contributed by atoms with van der Waals surface area (Å²) < 4.78 is 0. The summed E-state index contributed by atoms with van der Waals surface area (Å²) in [6.45, 7) is -0.289. The van der Waals surface area contributed by atoms with E-state index in [4.69, 9.17) is 23.2 Å². The molecule has 4 aliphatic carbocycles. The highest BCUT2D eigenvalue weighted by molar-refractivity contribution is 6.35. The van der Waals surface area contributed by atoms with Crippen LogP contribution >= 0.6 is 23.2 Å². The summed E-state index contributed by atoms with van der Waals surface area (Å²) in [6.07, 6.45) is 5.34. The van der Waals surface area contributed by atoms with Gasteiger partial charge in [-0.1, -0.05) is 35.4 Å². The quantitative estimate of drug-likeness (QED) is 0.637. The zero-order valence-electron chi connectivity index (χ0n) is 13.7. The van der Waals surface area contributed by atoms with Crippen molar-refractivity contribution in [3.63, 3.8) is 0 Å². The fourth-order valence-corrected chi connectivity index (χ4v) is 5.44. The van der Waals surface area contributed by atoms with Gasteiger partial charge >= 0.3 is 0 Å². The van der Waals surface area contributed by atoms with E-state index in [1.807, 2.05) is 0 Å². The number of imide groups is 1. The molecule has 6 rings (SSSR count). The zero-order chi connectivity index (χ0) is 18.2. The molecule has 5 aliphatic rings. The minimum Gasteiger partial charge on any atom is -0.323 e. The topological polar surface area (TPSA) is 66.5 Å². The Morgan fingerprint density at radius 1 is 1.08 bits per heavy atom. The number of nitrogens with one attached hydrogen (secondary N) is 1. The Balaban J connectivity index is 1.34. The van der Waals surface area contributed by atoms with Crippen LogP contribution in [0.2, 0.25) is 10.0 Å². The summed E-state index contributed by atoms with van der Waals surface area (Å²) in [4.78, 5) is 39.2. The van der Waals surface area contributed by atoms with E-state index in [1.54, 1.807) is 12.1 Å². The normalized spacial score (nSPS) is 36.2. The molecule has 1 aromatic carbocycles. The predicted octanol–water partition coefficient (Wildman–Crippen LogP) is 2.99. The second-order valence-electron chi connectivity index (χ2n) is 7.59. The second kappa shape index (κ2) is 5.57. The van der Waals surface area contributed by atoms with E-state index in [0.717, 1.165) is 11.3 Å². The van der Waals surface area contributed by atoms with Crippen LogP contribution in [-0.2, 0) is 14.4 Å². The number of carbonyl (C=O) groups excluding carboxylic acids is 3. The van der Waals surface area contributed by atoms with Crippen LogP contribution in [0.5, 0.6) is 0 Å². The summed E-state index contributed by atoms with van der Waals surface area (Å²) >= 11 is 12.0. The molecule has 7 heteroatoms. The number of rotatable bonds is 3. The van der Waals surface area contributed by atoms with Crippen LogP contribution in [0.15, 0.2) is 30.4 Å². The van der Waals surface area contributed by atoms with Gasteiger partial charge in [0.15, 0.2) is 0 Å². The molecule has 3 fully saturated rings. The molecule has 0 unspecified atom stereocenters. The standard InChI is InChI=1S/C19H16Cl2N2O3/c20-8-1-4-13(21)14(5-8)22-15(24)7-23-18(25)16-9-2-3-10(12-6-11(9)12)17(16)19(23)26/h1-5,9-12,16-17H,6-7H2,(H,22,24)/t9-,10+,11-,12-,16+,17+/m1/s1. The molecule has 3 amide bonds. The fourth-order valence-electron chi connectivity index (χ4n) is 5.10. The number of carbonyl (C=O) groups is 3. The first-order chi connectivity index (χ1) is 12.5. The van der Waals surface area contributed by atoms with Crippen LogP contribution < -0.4 is 5.32 Å². The van der Waals surface area contributed by atoms with Crippen LogP contribution in [-0.4, -0.2) is 29.2 Å². The molecule has 0 aromatic heterocycles. The number of halogens is 2. The van der Waals surface area contributed by atoms with Crippen molar-refractivity contribution in [1.29, 1.82) is 0 Å². The first-order valence-corrected chi connectivity index (χ1v) is 9.50. The summed E-state index contributed by atoms with van der Waals surface area (Å²) in [5, 5.41) is 3.42. The van der Waals surface area contributed by atoms with Crippen LogP contribution in [0.4, 0.5) is 5.69 Å². The lowest BCUT2D eigenvalue weighted by Gasteiger charge is -2.37. The highest BCUT2D eigenvalue weighted by Gasteiger charge is 2.67. The molecule has 2 saturated carbocycles. The molecule has 6 atom stereocenters. The molecule has 1 aliphatic heterocycles. The summed E-state index contributed by atoms with van der Waals surface area (Å²) in [7, 11) is 0. The van der Waals surface area contributed by atoms with E-state index in [2.05, 4.69) is 17.5 Å². The van der Waals surface area contributed by atoms with Gasteiger partial charge in [0.1, 0.15) is 6.54 Å². The lowest BCUT2D eigenvalue weighted by molar-refractivity contribution is -0.142. The molecule has 26 heavy (non-hydrogen) atoms. The van der Waals surface area contributed by atoms with Crippen molar-refractivity contribution >= 4 is 46.6 Å². The van der Waals surface area contributed by atoms with Crippen LogP contribution in [0, 0.1) is 35.5 Å². The molecule has 1 aromatic rings. The van der Waals surface area contributed by atoms with Crippen molar-refractivity contribution in [2.75, 3.05) is 11.9 Å². The molecular weight excluding hydrogens is 375 g/mol. The minimum atomic E-state index is -0.458. The van der Waals surface area contributed by atoms with Crippen LogP contribution in [0.3, 0.4) is 0 Å². The average Bonchev–Trinajstić information content (AvgIpc) is 3.39. The van der Waals surface area contributed by atoms with E-state index in [0.29, 0.717) is 27.6 Å². The van der Waals surface area contributed by atoms with Crippen molar-refractivity contribution in [1.82, 2.24) is 4.90 Å². The smallest absolute Gasteiger partial charge is 0.244 e. The van der Waals surface area contributed by atoms with Crippen LogP contribution in [0.25, 0.3) is 0 Å². The monoisotopic (exact) mass is 390 g/mol. The molecule has 134 valence electrons. The molecule has 5 nitrogen and oxygen atoms in total. The van der Waals surface area contributed by atoms with Gasteiger partial charge in [0.25, 0.3) is 0 Å². The Morgan fingerprint density at radius 3 is 2.31 bits per heavy atom. The Labute approximate surface area is 160 Å². The first-order valence-electron chi connectivity index (χ1n) is 8.74. The van der Waals surface area contributed by atoms with Gasteiger partial charge in [-0.2, -0.15) is 0 Å². The number of nitrogens with zero attached hydrogens (tertiary/aromatic N) is 1. The molecule has 1 heterocycles. The zero-order valence-corrected chi connectivity index (χ0v) is 15.2. The number of anilines is 1. The van der Waals surface area contributed by atoms with E-state index >= 15 is 0 Å². The fraction of sp³-hybridized carbons (Fsp3) is 0.421. The Bertz CT molecular complexity index is 848. The SMILES string of the molecule is O=C(CN1C(=O)[C@H]2[C@@H]3C=C[C@@H]([C@H]4C[C@H]34)[C@@H]2C1=O)Nc1cc(Cl)ccc1Cl. The largest absolute Gasteiger partial charge is 0.323 e. The Morgan fingerprint density at radius 2 is 1.69 bits per heavy atom. The molecule has 0 radical (unpaired) electrons. The predicted molar refractivity (Wildman–Crippen MR) is 96.5 cm³/mol. The maximum Gasteiger partial charge on any atom is 0.244 e. The Kier molecular flexibility index (Phi) is 3.50. The number of amides is 3. The maximum absolute atomic E-state index is 12.9. The molecule has 0 spiro atoms. The van der Waals surface area contributed by atoms with Gasteiger partial charge in [-0.05, 0) is 48.3 Å². The van der Waals surface area contributed by atoms with Crippen molar-refractivity contribution in [3.05, 3.63) is 40.4 Å². The number of likely N-dealkylation sites (tertiary alicyclic amines) is 1. The third-order valence-electron chi connectivity index (χ3n) is 6.26. The first kappa shape index (κ1) is 16.3. The van der Waals surface area contributed by atoms with Gasteiger partial charge in [-0.15, -0.1) is 0 Å². The van der Waals surface area contributed by atoms with Crippen molar-refractivity contribution in [3.8, 4) is 0 Å². The third-order valence-corrected chi connectivity index (χ3v) is 6.82. The van der Waals surface area contributed by atoms with Crippen molar-refractivity contribution in [2.45, 2.75) is 6.42 Å². The maximum atomic E-state index is 12.9. The minimum absolute atomic E-state index is 0.155. The third kappa shape index (κ3) is 2.26. The number of allylic oxidation sites excluding steroid dienone is 2. The Hall–Kier alpha value is -1.85. The van der Waals surface area contributed by atoms with E-state index in [9.17, 15) is 14.4 Å². The average molecular weight is 391 g/mol. The van der Waals surface area contributed by atoms with E-state index < -0.39 is 5.91 Å². The molecule has 1 saturated heterocycles. The highest BCUT2D eigenvalue weighted by atomic mass is 35.5. The molecular formula is C19H16Cl2N2O3. The van der Waals surface area contributed by atoms with Gasteiger partial charge < -0.3 is 5.32 Å². The van der Waals surface area contributed by atoms with Crippen molar-refractivity contribution in [2.24, 2.45) is 35.5 Å². The number of hydrogen-bond donors (Lipinski definition) is 1.